The number of hydrogen-bond acceptors (Lipinski definition) is 8. The number of rotatable bonds is 7. The molecule has 11 heteroatoms. The van der Waals surface area contributed by atoms with Gasteiger partial charge in [0, 0.05) is 34.0 Å². The molecule has 2 N–H and O–H groups in total. The van der Waals surface area contributed by atoms with Crippen molar-refractivity contribution in [3.05, 3.63) is 76.4 Å². The average Bonchev–Trinajstić information content (AvgIpc) is 3.32. The first-order chi connectivity index (χ1) is 16.5. The van der Waals surface area contributed by atoms with E-state index in [1.807, 2.05) is 47.8 Å². The molecule has 0 radical (unpaired) electrons. The summed E-state index contributed by atoms with van der Waals surface area (Å²) in [5.74, 6) is -1.43. The molecular formula is C23H18N4O4S3. The standard InChI is InChI=1S/C23H18N4O4S3/c28-17(10-13-4-2-1-3-5-13)26-18-20(29)27-19(22(30)31)16(12-32-21(18)27)34-23-25-15(11-33-23)14-6-8-24-9-7-14/h1-9,11,18,21H,10,12H2,(H,26,28)(H,30,31)/t18-,21+/m1/s1. The van der Waals surface area contributed by atoms with Gasteiger partial charge < -0.3 is 10.4 Å². The van der Waals surface area contributed by atoms with E-state index in [0.717, 1.165) is 16.8 Å². The van der Waals surface area contributed by atoms with Crippen LogP contribution in [-0.4, -0.2) is 54.9 Å². The summed E-state index contributed by atoms with van der Waals surface area (Å²) in [6, 6.07) is 12.2. The zero-order chi connectivity index (χ0) is 23.7. The maximum absolute atomic E-state index is 12.9. The van der Waals surface area contributed by atoms with Gasteiger partial charge in [-0.1, -0.05) is 42.1 Å². The lowest BCUT2D eigenvalue weighted by Crippen LogP contribution is -2.70. The van der Waals surface area contributed by atoms with Crippen LogP contribution in [0.25, 0.3) is 11.3 Å². The van der Waals surface area contributed by atoms with Gasteiger partial charge in [-0.25, -0.2) is 9.78 Å². The van der Waals surface area contributed by atoms with Crippen LogP contribution in [0, 0.1) is 0 Å². The largest absolute Gasteiger partial charge is 0.477 e. The van der Waals surface area contributed by atoms with Crippen LogP contribution in [0.4, 0.5) is 0 Å². The van der Waals surface area contributed by atoms with Gasteiger partial charge in [0.25, 0.3) is 5.91 Å². The Labute approximate surface area is 207 Å². The molecule has 0 bridgehead atoms. The number of β-lactam (4-membered cyclic amide) rings is 1. The number of thioether (sulfide) groups is 2. The van der Waals surface area contributed by atoms with E-state index in [-0.39, 0.29) is 18.0 Å². The van der Waals surface area contributed by atoms with E-state index in [2.05, 4.69) is 15.3 Å². The number of hydrogen-bond donors (Lipinski definition) is 2. The number of carboxylic acid groups (broad SMARTS) is 1. The van der Waals surface area contributed by atoms with Gasteiger partial charge in [0.05, 0.1) is 12.1 Å². The van der Waals surface area contributed by atoms with Crippen molar-refractivity contribution in [3.63, 3.8) is 0 Å². The van der Waals surface area contributed by atoms with E-state index in [1.165, 1.54) is 39.8 Å². The Bertz CT molecular complexity index is 1280. The lowest BCUT2D eigenvalue weighted by atomic mass is 10.0. The quantitative estimate of drug-likeness (QED) is 0.466. The smallest absolute Gasteiger partial charge is 0.353 e. The molecule has 4 heterocycles. The Balaban J connectivity index is 1.30. The molecule has 3 aromatic rings. The first-order valence-corrected chi connectivity index (χ1v) is 13.0. The number of nitrogens with zero attached hydrogens (tertiary/aromatic N) is 3. The number of nitrogens with one attached hydrogen (secondary N) is 1. The molecule has 0 saturated carbocycles. The van der Waals surface area contributed by atoms with Crippen LogP contribution in [0.5, 0.6) is 0 Å². The highest BCUT2D eigenvalue weighted by Crippen LogP contribution is 2.46. The molecule has 0 aliphatic carbocycles. The van der Waals surface area contributed by atoms with Gasteiger partial charge in [0.15, 0.2) is 4.34 Å². The van der Waals surface area contributed by atoms with Crippen LogP contribution >= 0.6 is 34.9 Å². The third kappa shape index (κ3) is 4.46. The highest BCUT2D eigenvalue weighted by Gasteiger charge is 2.54. The van der Waals surface area contributed by atoms with E-state index in [0.29, 0.717) is 15.0 Å². The van der Waals surface area contributed by atoms with Crippen molar-refractivity contribution in [1.82, 2.24) is 20.2 Å². The fourth-order valence-electron chi connectivity index (χ4n) is 3.74. The maximum Gasteiger partial charge on any atom is 0.353 e. The molecule has 2 amide bonds. The number of amides is 2. The van der Waals surface area contributed by atoms with E-state index < -0.39 is 23.3 Å². The van der Waals surface area contributed by atoms with Crippen LogP contribution in [-0.2, 0) is 20.8 Å². The van der Waals surface area contributed by atoms with Gasteiger partial charge in [-0.15, -0.1) is 23.1 Å². The third-order valence-electron chi connectivity index (χ3n) is 5.33. The third-order valence-corrected chi connectivity index (χ3v) is 8.81. The normalized spacial score (nSPS) is 19.4. The van der Waals surface area contributed by atoms with Crippen LogP contribution in [0.3, 0.4) is 0 Å². The Hall–Kier alpha value is -3.15. The summed E-state index contributed by atoms with van der Waals surface area (Å²) in [6.07, 6.45) is 3.54. The second kappa shape index (κ2) is 9.61. The van der Waals surface area contributed by atoms with Crippen molar-refractivity contribution in [2.45, 2.75) is 22.2 Å². The molecule has 8 nitrogen and oxygen atoms in total. The average molecular weight is 511 g/mol. The second-order valence-corrected chi connectivity index (χ2v) is 10.8. The minimum absolute atomic E-state index is 0.0343. The summed E-state index contributed by atoms with van der Waals surface area (Å²) in [7, 11) is 0. The van der Waals surface area contributed by atoms with Crippen LogP contribution in [0.15, 0.2) is 75.2 Å². The van der Waals surface area contributed by atoms with Crippen LogP contribution in [0.2, 0.25) is 0 Å². The first-order valence-electron chi connectivity index (χ1n) is 10.3. The fourth-order valence-corrected chi connectivity index (χ4v) is 7.20. The van der Waals surface area contributed by atoms with E-state index in [1.54, 1.807) is 12.4 Å². The molecule has 1 aromatic carbocycles. The molecule has 2 aliphatic heterocycles. The number of pyridine rings is 1. The molecule has 172 valence electrons. The summed E-state index contributed by atoms with van der Waals surface area (Å²) in [6.45, 7) is 0. The van der Waals surface area contributed by atoms with Gasteiger partial charge >= 0.3 is 5.97 Å². The monoisotopic (exact) mass is 510 g/mol. The Morgan fingerprint density at radius 1 is 1.18 bits per heavy atom. The van der Waals surface area contributed by atoms with Crippen LogP contribution in [0.1, 0.15) is 5.56 Å². The van der Waals surface area contributed by atoms with Gasteiger partial charge in [-0.3, -0.25) is 19.5 Å². The van der Waals surface area contributed by atoms with Gasteiger partial charge in [0.2, 0.25) is 5.91 Å². The van der Waals surface area contributed by atoms with E-state index in [4.69, 9.17) is 0 Å². The molecule has 34 heavy (non-hydrogen) atoms. The molecule has 5 rings (SSSR count). The van der Waals surface area contributed by atoms with Gasteiger partial charge in [-0.05, 0) is 17.7 Å². The predicted molar refractivity (Wildman–Crippen MR) is 131 cm³/mol. The van der Waals surface area contributed by atoms with Gasteiger partial charge in [0.1, 0.15) is 17.1 Å². The highest BCUT2D eigenvalue weighted by molar-refractivity contribution is 8.07. The van der Waals surface area contributed by atoms with Crippen molar-refractivity contribution in [3.8, 4) is 11.3 Å². The molecule has 2 aromatic heterocycles. The summed E-state index contributed by atoms with van der Waals surface area (Å²) in [4.78, 5) is 47.9. The fraction of sp³-hybridized carbons (Fsp3) is 0.174. The number of aromatic nitrogens is 2. The Kier molecular flexibility index (Phi) is 6.40. The molecular weight excluding hydrogens is 492 g/mol. The topological polar surface area (TPSA) is 112 Å². The number of fused-ring (bicyclic) bond motifs is 1. The Morgan fingerprint density at radius 3 is 2.68 bits per heavy atom. The SMILES string of the molecule is O=C(Cc1ccccc1)N[C@@H]1C(=O)N2C(C(=O)O)=C(Sc3nc(-c4ccncc4)cs3)CS[C@@H]12. The molecule has 2 atom stereocenters. The minimum Gasteiger partial charge on any atom is -0.477 e. The number of thiazole rings is 1. The predicted octanol–water partition coefficient (Wildman–Crippen LogP) is 3.24. The number of carbonyl (C=O) groups is 3. The van der Waals surface area contributed by atoms with Crippen molar-refractivity contribution >= 4 is 52.6 Å². The second-order valence-electron chi connectivity index (χ2n) is 7.53. The number of carboxylic acids is 1. The highest BCUT2D eigenvalue weighted by atomic mass is 32.2. The molecule has 0 unspecified atom stereocenters. The summed E-state index contributed by atoms with van der Waals surface area (Å²) >= 11 is 4.12. The molecule has 1 saturated heterocycles. The van der Waals surface area contributed by atoms with Crippen molar-refractivity contribution in [1.29, 1.82) is 0 Å². The Morgan fingerprint density at radius 2 is 1.94 bits per heavy atom. The zero-order valence-electron chi connectivity index (χ0n) is 17.6. The first kappa shape index (κ1) is 22.6. The summed E-state index contributed by atoms with van der Waals surface area (Å²) in [5, 5.41) is 14.1. The van der Waals surface area contributed by atoms with E-state index in [9.17, 15) is 19.5 Å². The number of benzene rings is 1. The lowest BCUT2D eigenvalue weighted by Gasteiger charge is -2.49. The zero-order valence-corrected chi connectivity index (χ0v) is 20.0. The number of carbonyl (C=O) groups excluding carboxylic acids is 2. The molecule has 1 fully saturated rings. The lowest BCUT2D eigenvalue weighted by molar-refractivity contribution is -0.150. The molecule has 0 spiro atoms. The van der Waals surface area contributed by atoms with Gasteiger partial charge in [-0.2, -0.15) is 0 Å². The molecule has 2 aliphatic rings. The van der Waals surface area contributed by atoms with Crippen molar-refractivity contribution < 1.29 is 19.5 Å². The van der Waals surface area contributed by atoms with E-state index >= 15 is 0 Å². The maximum atomic E-state index is 12.9. The minimum atomic E-state index is -1.17. The summed E-state index contributed by atoms with van der Waals surface area (Å²) in [5.41, 5.74) is 2.53. The van der Waals surface area contributed by atoms with Crippen LogP contribution < -0.4 is 5.32 Å². The number of aliphatic carboxylic acids is 1. The summed E-state index contributed by atoms with van der Waals surface area (Å²) < 4.78 is 0.695. The van der Waals surface area contributed by atoms with Crippen molar-refractivity contribution in [2.75, 3.05) is 5.75 Å². The van der Waals surface area contributed by atoms with Crippen molar-refractivity contribution in [2.24, 2.45) is 0 Å².